The highest BCUT2D eigenvalue weighted by Gasteiger charge is 2.07. The van der Waals surface area contributed by atoms with E-state index in [1.807, 2.05) is 24.3 Å². The van der Waals surface area contributed by atoms with Crippen molar-refractivity contribution in [3.63, 3.8) is 0 Å². The van der Waals surface area contributed by atoms with Crippen molar-refractivity contribution in [1.29, 1.82) is 0 Å². The number of benzene rings is 2. The molecule has 0 saturated carbocycles. The number of halogens is 2. The molecular weight excluding hydrogens is 285 g/mol. The SMILES string of the molecule is O=C(Cc1ccc(S)cc1)Nc1ccc(F)cc1Cl. The van der Waals surface area contributed by atoms with Crippen LogP contribution in [0.4, 0.5) is 10.1 Å². The smallest absolute Gasteiger partial charge is 0.228 e. The fourth-order valence-electron chi connectivity index (χ4n) is 1.58. The molecule has 0 unspecified atom stereocenters. The number of anilines is 1. The molecule has 0 spiro atoms. The van der Waals surface area contributed by atoms with Gasteiger partial charge in [-0.1, -0.05) is 23.7 Å². The molecule has 0 aromatic heterocycles. The average Bonchev–Trinajstić information content (AvgIpc) is 2.36. The van der Waals surface area contributed by atoms with Gasteiger partial charge >= 0.3 is 0 Å². The lowest BCUT2D eigenvalue weighted by Crippen LogP contribution is -2.14. The maximum absolute atomic E-state index is 12.9. The van der Waals surface area contributed by atoms with Crippen LogP contribution in [0.1, 0.15) is 5.56 Å². The predicted molar refractivity (Wildman–Crippen MR) is 77.4 cm³/mol. The van der Waals surface area contributed by atoms with E-state index in [2.05, 4.69) is 17.9 Å². The summed E-state index contributed by atoms with van der Waals surface area (Å²) in [5.41, 5.74) is 1.27. The lowest BCUT2D eigenvalue weighted by Gasteiger charge is -2.07. The maximum Gasteiger partial charge on any atom is 0.228 e. The number of carbonyl (C=O) groups excluding carboxylic acids is 1. The first-order valence-electron chi connectivity index (χ1n) is 5.57. The minimum atomic E-state index is -0.438. The lowest BCUT2D eigenvalue weighted by atomic mass is 10.1. The normalized spacial score (nSPS) is 10.3. The topological polar surface area (TPSA) is 29.1 Å². The van der Waals surface area contributed by atoms with E-state index in [1.165, 1.54) is 12.1 Å². The van der Waals surface area contributed by atoms with Crippen molar-refractivity contribution in [2.45, 2.75) is 11.3 Å². The van der Waals surface area contributed by atoms with Gasteiger partial charge in [0.15, 0.2) is 0 Å². The van der Waals surface area contributed by atoms with Crippen molar-refractivity contribution >= 4 is 35.8 Å². The monoisotopic (exact) mass is 295 g/mol. The zero-order valence-corrected chi connectivity index (χ0v) is 11.5. The van der Waals surface area contributed by atoms with Gasteiger partial charge in [0.05, 0.1) is 17.1 Å². The second-order valence-electron chi connectivity index (χ2n) is 4.02. The number of amides is 1. The van der Waals surface area contributed by atoms with Crippen molar-refractivity contribution in [1.82, 2.24) is 0 Å². The van der Waals surface area contributed by atoms with Crippen LogP contribution >= 0.6 is 24.2 Å². The third-order valence-corrected chi connectivity index (χ3v) is 3.12. The Bertz CT molecular complexity index is 601. The molecule has 1 amide bonds. The number of hydrogen-bond donors (Lipinski definition) is 2. The zero-order chi connectivity index (χ0) is 13.8. The van der Waals surface area contributed by atoms with Crippen molar-refractivity contribution in [3.05, 3.63) is 58.9 Å². The first-order chi connectivity index (χ1) is 9.04. The van der Waals surface area contributed by atoms with E-state index in [-0.39, 0.29) is 17.4 Å². The summed E-state index contributed by atoms with van der Waals surface area (Å²) in [7, 11) is 0. The van der Waals surface area contributed by atoms with E-state index < -0.39 is 5.82 Å². The summed E-state index contributed by atoms with van der Waals surface area (Å²) in [6.07, 6.45) is 0.224. The van der Waals surface area contributed by atoms with Crippen LogP contribution in [0.15, 0.2) is 47.4 Å². The van der Waals surface area contributed by atoms with Crippen LogP contribution in [-0.2, 0) is 11.2 Å². The van der Waals surface area contributed by atoms with Crippen molar-refractivity contribution in [3.8, 4) is 0 Å². The molecule has 1 N–H and O–H groups in total. The summed E-state index contributed by atoms with van der Waals surface area (Å²) in [6, 6.07) is 11.1. The Kier molecular flexibility index (Phi) is 4.45. The summed E-state index contributed by atoms with van der Waals surface area (Å²) in [6.45, 7) is 0. The van der Waals surface area contributed by atoms with Crippen LogP contribution in [0, 0.1) is 5.82 Å². The molecule has 2 rings (SSSR count). The van der Waals surface area contributed by atoms with E-state index in [9.17, 15) is 9.18 Å². The molecule has 2 aromatic rings. The molecule has 0 aliphatic carbocycles. The lowest BCUT2D eigenvalue weighted by molar-refractivity contribution is -0.115. The highest BCUT2D eigenvalue weighted by atomic mass is 35.5. The summed E-state index contributed by atoms with van der Waals surface area (Å²) < 4.78 is 12.9. The van der Waals surface area contributed by atoms with Gasteiger partial charge in [-0.25, -0.2) is 4.39 Å². The highest BCUT2D eigenvalue weighted by Crippen LogP contribution is 2.22. The molecule has 19 heavy (non-hydrogen) atoms. The standard InChI is InChI=1S/C14H11ClFNOS/c15-12-8-10(16)3-6-13(12)17-14(18)7-9-1-4-11(19)5-2-9/h1-6,8,19H,7H2,(H,17,18). The number of carbonyl (C=O) groups is 1. The molecule has 0 saturated heterocycles. The van der Waals surface area contributed by atoms with Crippen LogP contribution in [0.2, 0.25) is 5.02 Å². The third-order valence-electron chi connectivity index (χ3n) is 2.51. The van der Waals surface area contributed by atoms with E-state index in [0.717, 1.165) is 16.5 Å². The van der Waals surface area contributed by atoms with Gasteiger partial charge in [0.1, 0.15) is 5.82 Å². The minimum absolute atomic E-state index is 0.180. The molecule has 0 radical (unpaired) electrons. The van der Waals surface area contributed by atoms with Gasteiger partial charge in [0.25, 0.3) is 0 Å². The Balaban J connectivity index is 2.03. The van der Waals surface area contributed by atoms with Gasteiger partial charge in [-0.2, -0.15) is 0 Å². The van der Waals surface area contributed by atoms with E-state index in [1.54, 1.807) is 0 Å². The average molecular weight is 296 g/mol. The van der Waals surface area contributed by atoms with Gasteiger partial charge in [0, 0.05) is 4.90 Å². The molecule has 5 heteroatoms. The van der Waals surface area contributed by atoms with Gasteiger partial charge in [0.2, 0.25) is 5.91 Å². The van der Waals surface area contributed by atoms with Crippen LogP contribution in [0.3, 0.4) is 0 Å². The molecule has 2 nitrogen and oxygen atoms in total. The first-order valence-corrected chi connectivity index (χ1v) is 6.40. The second kappa shape index (κ2) is 6.08. The number of nitrogens with one attached hydrogen (secondary N) is 1. The van der Waals surface area contributed by atoms with Crippen LogP contribution < -0.4 is 5.32 Å². The molecule has 0 fully saturated rings. The van der Waals surface area contributed by atoms with Gasteiger partial charge < -0.3 is 5.32 Å². The summed E-state index contributed by atoms with van der Waals surface area (Å²) in [5, 5.41) is 2.82. The van der Waals surface area contributed by atoms with E-state index >= 15 is 0 Å². The van der Waals surface area contributed by atoms with Crippen LogP contribution in [0.25, 0.3) is 0 Å². The summed E-state index contributed by atoms with van der Waals surface area (Å²) in [4.78, 5) is 12.7. The van der Waals surface area contributed by atoms with Crippen LogP contribution in [-0.4, -0.2) is 5.91 Å². The van der Waals surface area contributed by atoms with Gasteiger partial charge in [-0.15, -0.1) is 12.6 Å². The number of hydrogen-bond acceptors (Lipinski definition) is 2. The van der Waals surface area contributed by atoms with E-state index in [0.29, 0.717) is 5.69 Å². The highest BCUT2D eigenvalue weighted by molar-refractivity contribution is 7.80. The summed E-state index contributed by atoms with van der Waals surface area (Å²) >= 11 is 10.0. The molecule has 2 aromatic carbocycles. The zero-order valence-electron chi connectivity index (χ0n) is 9.86. The van der Waals surface area contributed by atoms with E-state index in [4.69, 9.17) is 11.6 Å². The maximum atomic E-state index is 12.9. The molecule has 0 aliphatic rings. The molecule has 98 valence electrons. The minimum Gasteiger partial charge on any atom is -0.324 e. The Morgan fingerprint density at radius 1 is 1.21 bits per heavy atom. The van der Waals surface area contributed by atoms with Crippen LogP contribution in [0.5, 0.6) is 0 Å². The van der Waals surface area contributed by atoms with Crippen molar-refractivity contribution in [2.75, 3.05) is 5.32 Å². The molecule has 0 atom stereocenters. The Labute approximate surface area is 121 Å². The molecular formula is C14H11ClFNOS. The Hall–Kier alpha value is -1.52. The Morgan fingerprint density at radius 2 is 1.89 bits per heavy atom. The number of thiol groups is 1. The predicted octanol–water partition coefficient (Wildman–Crippen LogP) is 3.95. The molecule has 0 heterocycles. The summed E-state index contributed by atoms with van der Waals surface area (Å²) in [5.74, 6) is -0.646. The van der Waals surface area contributed by atoms with Gasteiger partial charge in [-0.05, 0) is 35.9 Å². The molecule has 0 bridgehead atoms. The quantitative estimate of drug-likeness (QED) is 0.825. The van der Waals surface area contributed by atoms with Crippen molar-refractivity contribution < 1.29 is 9.18 Å². The van der Waals surface area contributed by atoms with Crippen molar-refractivity contribution in [2.24, 2.45) is 0 Å². The Morgan fingerprint density at radius 3 is 2.53 bits per heavy atom. The van der Waals surface area contributed by atoms with Gasteiger partial charge in [-0.3, -0.25) is 4.79 Å². The number of rotatable bonds is 3. The first kappa shape index (κ1) is 13.9. The third kappa shape index (κ3) is 3.98. The fraction of sp³-hybridized carbons (Fsp3) is 0.0714. The largest absolute Gasteiger partial charge is 0.324 e. The fourth-order valence-corrected chi connectivity index (χ4v) is 1.95. The molecule has 0 aliphatic heterocycles. The second-order valence-corrected chi connectivity index (χ2v) is 4.94.